The highest BCUT2D eigenvalue weighted by Crippen LogP contribution is 2.35. The number of anilines is 1. The summed E-state index contributed by atoms with van der Waals surface area (Å²) in [7, 11) is 0. The Hall–Kier alpha value is -3.48. The van der Waals surface area contributed by atoms with Gasteiger partial charge in [0.1, 0.15) is 12.5 Å². The molecule has 200 valence electrons. The summed E-state index contributed by atoms with van der Waals surface area (Å²) in [5.74, 6) is 0.768. The van der Waals surface area contributed by atoms with Gasteiger partial charge in [-0.2, -0.15) is 0 Å². The molecule has 6 nitrogen and oxygen atoms in total. The van der Waals surface area contributed by atoms with Crippen LogP contribution in [0.25, 0.3) is 22.0 Å². The monoisotopic (exact) mass is 516 g/mol. The van der Waals surface area contributed by atoms with Crippen molar-refractivity contribution < 1.29 is 14.0 Å². The molecule has 2 aliphatic rings. The number of aromatic nitrogens is 1. The zero-order valence-corrected chi connectivity index (χ0v) is 22.1. The molecule has 0 bridgehead atoms. The number of pyridine rings is 1. The van der Waals surface area contributed by atoms with Gasteiger partial charge in [-0.05, 0) is 62.8 Å². The Labute approximate surface area is 224 Å². The predicted molar refractivity (Wildman–Crippen MR) is 150 cm³/mol. The van der Waals surface area contributed by atoms with E-state index in [1.54, 1.807) is 0 Å². The summed E-state index contributed by atoms with van der Waals surface area (Å²) in [6.45, 7) is 3.13. The number of halogens is 1. The Kier molecular flexibility index (Phi) is 8.20. The minimum atomic E-state index is -0.557. The molecule has 3 aromatic rings. The number of hydrogen-bond donors (Lipinski definition) is 2. The highest BCUT2D eigenvalue weighted by molar-refractivity contribution is 5.90. The fraction of sp³-hybridized carbons (Fsp3) is 0.452. The van der Waals surface area contributed by atoms with Crippen molar-refractivity contribution in [3.63, 3.8) is 0 Å². The maximum atomic E-state index is 13.2. The van der Waals surface area contributed by atoms with Crippen LogP contribution in [0.2, 0.25) is 0 Å². The fourth-order valence-electron chi connectivity index (χ4n) is 5.90. The number of alkyl halides is 1. The van der Waals surface area contributed by atoms with Crippen LogP contribution in [0.4, 0.5) is 10.2 Å². The number of aryl methyl sites for hydroxylation is 1. The van der Waals surface area contributed by atoms with Crippen LogP contribution in [0.3, 0.4) is 0 Å². The minimum absolute atomic E-state index is 0.00528. The molecule has 2 N–H and O–H groups in total. The molecule has 2 amide bonds. The Morgan fingerprint density at radius 2 is 1.76 bits per heavy atom. The molecule has 38 heavy (non-hydrogen) atoms. The van der Waals surface area contributed by atoms with Gasteiger partial charge < -0.3 is 15.5 Å². The van der Waals surface area contributed by atoms with Crippen molar-refractivity contribution in [2.45, 2.75) is 51.5 Å². The van der Waals surface area contributed by atoms with Crippen molar-refractivity contribution in [2.75, 3.05) is 31.2 Å². The van der Waals surface area contributed by atoms with Crippen molar-refractivity contribution in [3.8, 4) is 11.1 Å². The first kappa shape index (κ1) is 26.1. The molecule has 2 atom stereocenters. The van der Waals surface area contributed by atoms with E-state index in [-0.39, 0.29) is 36.2 Å². The van der Waals surface area contributed by atoms with Crippen LogP contribution in [0.15, 0.2) is 54.6 Å². The van der Waals surface area contributed by atoms with Crippen molar-refractivity contribution in [1.82, 2.24) is 15.6 Å². The van der Waals surface area contributed by atoms with Gasteiger partial charge in [0, 0.05) is 48.5 Å². The largest absolute Gasteiger partial charge is 0.356 e. The molecule has 1 saturated carbocycles. The summed E-state index contributed by atoms with van der Waals surface area (Å²) in [6, 6.07) is 19.0. The van der Waals surface area contributed by atoms with E-state index >= 15 is 0 Å². The Bertz CT molecular complexity index is 1270. The number of fused-ring (bicyclic) bond motifs is 1. The highest BCUT2D eigenvalue weighted by atomic mass is 19.1. The minimum Gasteiger partial charge on any atom is -0.356 e. The van der Waals surface area contributed by atoms with Crippen LogP contribution in [0.1, 0.15) is 44.1 Å². The van der Waals surface area contributed by atoms with Crippen molar-refractivity contribution >= 4 is 28.5 Å². The number of carbonyl (C=O) groups excluding carboxylic acids is 2. The Morgan fingerprint density at radius 3 is 2.53 bits per heavy atom. The number of hydrogen-bond acceptors (Lipinski definition) is 4. The van der Waals surface area contributed by atoms with E-state index in [0.29, 0.717) is 6.42 Å². The number of nitrogens with zero attached hydrogens (tertiary/aromatic N) is 2. The van der Waals surface area contributed by atoms with E-state index in [1.165, 1.54) is 5.56 Å². The lowest BCUT2D eigenvalue weighted by atomic mass is 9.84. The van der Waals surface area contributed by atoms with Gasteiger partial charge in [-0.25, -0.2) is 9.37 Å². The summed E-state index contributed by atoms with van der Waals surface area (Å²) in [5, 5.41) is 7.01. The average molecular weight is 517 g/mol. The second-order valence-corrected chi connectivity index (χ2v) is 10.7. The molecule has 1 saturated heterocycles. The quantitative estimate of drug-likeness (QED) is 0.453. The zero-order chi connectivity index (χ0) is 26.5. The fourth-order valence-corrected chi connectivity index (χ4v) is 5.90. The van der Waals surface area contributed by atoms with Gasteiger partial charge in [-0.15, -0.1) is 0 Å². The van der Waals surface area contributed by atoms with E-state index in [1.807, 2.05) is 6.07 Å². The van der Waals surface area contributed by atoms with Crippen LogP contribution in [-0.2, 0) is 9.59 Å². The number of carbonyl (C=O) groups is 2. The molecular formula is C31H37FN4O2. The molecule has 0 unspecified atom stereocenters. The molecular weight excluding hydrogens is 479 g/mol. The maximum absolute atomic E-state index is 13.2. The average Bonchev–Trinajstić information content (AvgIpc) is 2.96. The number of benzene rings is 2. The molecule has 2 fully saturated rings. The van der Waals surface area contributed by atoms with Crippen molar-refractivity contribution in [3.05, 3.63) is 60.2 Å². The van der Waals surface area contributed by atoms with Crippen LogP contribution < -0.4 is 15.5 Å². The maximum Gasteiger partial charge on any atom is 0.223 e. The third-order valence-corrected chi connectivity index (χ3v) is 7.99. The van der Waals surface area contributed by atoms with Crippen LogP contribution in [0, 0.1) is 18.8 Å². The SMILES string of the molecule is Cc1ccc2nc(N3CCC(C(=O)N[C@H]4CCC[C@H](C(=O)NCCF)C4)CC3)c(-c3ccccc3)cc2c1. The van der Waals surface area contributed by atoms with Gasteiger partial charge in [0.2, 0.25) is 11.8 Å². The summed E-state index contributed by atoms with van der Waals surface area (Å²) in [5.41, 5.74) is 4.45. The van der Waals surface area contributed by atoms with Gasteiger partial charge in [-0.3, -0.25) is 9.59 Å². The normalized spacial score (nSPS) is 20.3. The summed E-state index contributed by atoms with van der Waals surface area (Å²) < 4.78 is 12.4. The van der Waals surface area contributed by atoms with Crippen LogP contribution >= 0.6 is 0 Å². The molecule has 1 aromatic heterocycles. The molecule has 5 rings (SSSR count). The van der Waals surface area contributed by atoms with Crippen molar-refractivity contribution in [1.29, 1.82) is 0 Å². The van der Waals surface area contributed by atoms with Gasteiger partial charge >= 0.3 is 0 Å². The number of rotatable bonds is 7. The molecule has 2 heterocycles. The van der Waals surface area contributed by atoms with E-state index in [2.05, 4.69) is 71.0 Å². The van der Waals surface area contributed by atoms with Crippen LogP contribution in [-0.4, -0.2) is 49.1 Å². The molecule has 2 aromatic carbocycles. The third-order valence-electron chi connectivity index (χ3n) is 7.99. The topological polar surface area (TPSA) is 74.3 Å². The second-order valence-electron chi connectivity index (χ2n) is 10.7. The first-order valence-electron chi connectivity index (χ1n) is 13.9. The van der Waals surface area contributed by atoms with E-state index in [0.717, 1.165) is 73.0 Å². The van der Waals surface area contributed by atoms with Crippen LogP contribution in [0.5, 0.6) is 0 Å². The van der Waals surface area contributed by atoms with E-state index in [9.17, 15) is 14.0 Å². The lowest BCUT2D eigenvalue weighted by Gasteiger charge is -2.35. The number of amides is 2. The standard InChI is InChI=1S/C31H37FN4O2/c1-21-10-11-28-25(18-21)20-27(22-6-3-2-4-7-22)29(35-28)36-16-12-23(13-17-36)31(38)34-26-9-5-8-24(19-26)30(37)33-15-14-32/h2-4,6-7,10-11,18,20,23-24,26H,5,8-9,12-17,19H2,1H3,(H,33,37)(H,34,38)/t24-,26-/m0/s1. The number of nitrogens with one attached hydrogen (secondary N) is 2. The summed E-state index contributed by atoms with van der Waals surface area (Å²) in [6.07, 6.45) is 4.74. The molecule has 0 spiro atoms. The van der Waals surface area contributed by atoms with Crippen molar-refractivity contribution in [2.24, 2.45) is 11.8 Å². The lowest BCUT2D eigenvalue weighted by Crippen LogP contribution is -2.47. The van der Waals surface area contributed by atoms with Gasteiger partial charge in [-0.1, -0.05) is 48.4 Å². The summed E-state index contributed by atoms with van der Waals surface area (Å²) >= 11 is 0. The lowest BCUT2D eigenvalue weighted by molar-refractivity contribution is -0.129. The predicted octanol–water partition coefficient (Wildman–Crippen LogP) is 5.19. The third kappa shape index (κ3) is 5.98. The van der Waals surface area contributed by atoms with Gasteiger partial charge in [0.15, 0.2) is 0 Å². The second kappa shape index (κ2) is 11.9. The summed E-state index contributed by atoms with van der Waals surface area (Å²) in [4.78, 5) is 32.9. The number of piperidine rings is 1. The highest BCUT2D eigenvalue weighted by Gasteiger charge is 2.32. The Balaban J connectivity index is 1.25. The van der Waals surface area contributed by atoms with Gasteiger partial charge in [0.05, 0.1) is 5.52 Å². The molecule has 1 aliphatic carbocycles. The van der Waals surface area contributed by atoms with E-state index < -0.39 is 6.67 Å². The Morgan fingerprint density at radius 1 is 0.974 bits per heavy atom. The molecule has 0 radical (unpaired) electrons. The first-order chi connectivity index (χ1) is 18.5. The smallest absolute Gasteiger partial charge is 0.223 e. The van der Waals surface area contributed by atoms with Gasteiger partial charge in [0.25, 0.3) is 0 Å². The molecule has 7 heteroatoms. The first-order valence-corrected chi connectivity index (χ1v) is 13.9. The molecule has 1 aliphatic heterocycles. The zero-order valence-electron chi connectivity index (χ0n) is 22.1. The van der Waals surface area contributed by atoms with E-state index in [4.69, 9.17) is 4.98 Å².